The molecule has 1 aromatic rings. The summed E-state index contributed by atoms with van der Waals surface area (Å²) in [4.78, 5) is 7.52. The van der Waals surface area contributed by atoms with Gasteiger partial charge in [-0.3, -0.25) is 0 Å². The van der Waals surface area contributed by atoms with Crippen molar-refractivity contribution in [3.63, 3.8) is 0 Å². The molecule has 2 aliphatic rings. The predicted molar refractivity (Wildman–Crippen MR) is 89.0 cm³/mol. The standard InChI is InChI=1S/C20H20N2/c1-15-10-12-16(13-11-15)17-8-6-14-20(21-2,22-3)19-9-5-4-7-18(17)19/h6,8-13,17-18H,4-5,7,14H2,1H3/t17-,18-/m0/s1. The van der Waals surface area contributed by atoms with Gasteiger partial charge in [0.05, 0.1) is 0 Å². The second kappa shape index (κ2) is 5.82. The highest BCUT2D eigenvalue weighted by Gasteiger charge is 2.53. The Labute approximate surface area is 132 Å². The lowest BCUT2D eigenvalue weighted by Crippen LogP contribution is -2.30. The number of allylic oxidation sites excluding steroid dienone is 2. The van der Waals surface area contributed by atoms with Gasteiger partial charge in [0.1, 0.15) is 12.0 Å². The second-order valence-electron chi connectivity index (χ2n) is 6.31. The van der Waals surface area contributed by atoms with E-state index >= 15 is 0 Å². The molecule has 1 aromatic carbocycles. The smallest absolute Gasteiger partial charge is 0.226 e. The lowest BCUT2D eigenvalue weighted by atomic mass is 9.72. The van der Waals surface area contributed by atoms with Gasteiger partial charge in [0.2, 0.25) is 0 Å². The Kier molecular flexibility index (Phi) is 3.86. The first-order chi connectivity index (χ1) is 10.7. The largest absolute Gasteiger partial charge is 0.509 e. The molecule has 0 saturated heterocycles. The van der Waals surface area contributed by atoms with Crippen LogP contribution in [0.5, 0.6) is 0 Å². The van der Waals surface area contributed by atoms with E-state index in [0.717, 1.165) is 24.8 Å². The van der Waals surface area contributed by atoms with Gasteiger partial charge < -0.3 is 0 Å². The molecule has 0 amide bonds. The molecule has 2 atom stereocenters. The summed E-state index contributed by atoms with van der Waals surface area (Å²) in [7, 11) is 0. The molecule has 0 aliphatic heterocycles. The summed E-state index contributed by atoms with van der Waals surface area (Å²) in [5.41, 5.74) is 2.63. The first kappa shape index (κ1) is 14.6. The number of rotatable bonds is 1. The number of fused-ring (bicyclic) bond motifs is 1. The third kappa shape index (κ3) is 2.36. The fraction of sp³-hybridized carbons (Fsp3) is 0.400. The van der Waals surface area contributed by atoms with E-state index in [1.807, 2.05) is 0 Å². The van der Waals surface area contributed by atoms with Crippen LogP contribution in [-0.4, -0.2) is 5.66 Å². The highest BCUT2D eigenvalue weighted by Crippen LogP contribution is 2.47. The van der Waals surface area contributed by atoms with Crippen molar-refractivity contribution in [2.24, 2.45) is 5.92 Å². The van der Waals surface area contributed by atoms with Crippen LogP contribution < -0.4 is 0 Å². The van der Waals surface area contributed by atoms with Crippen LogP contribution in [0.15, 0.2) is 48.1 Å². The maximum atomic E-state index is 7.60. The van der Waals surface area contributed by atoms with E-state index < -0.39 is 5.66 Å². The third-order valence-corrected chi connectivity index (χ3v) is 4.96. The average Bonchev–Trinajstić information content (AvgIpc) is 2.73. The SMILES string of the molecule is [C-]#[N+]C1([N+]#[C-])CC=C[C@@H](c2ccc(C)cc2)[C@@H]2CCCC=C21. The number of nitrogens with zero attached hydrogens (tertiary/aromatic N) is 2. The first-order valence-corrected chi connectivity index (χ1v) is 7.91. The minimum Gasteiger partial charge on any atom is -0.226 e. The molecule has 2 aliphatic carbocycles. The quantitative estimate of drug-likeness (QED) is 0.490. The monoisotopic (exact) mass is 288 g/mol. The zero-order chi connectivity index (χ0) is 15.6. The zero-order valence-corrected chi connectivity index (χ0v) is 12.9. The molecule has 0 fully saturated rings. The summed E-state index contributed by atoms with van der Waals surface area (Å²) in [5, 5.41) is 0. The summed E-state index contributed by atoms with van der Waals surface area (Å²) in [6.45, 7) is 17.3. The Morgan fingerprint density at radius 2 is 1.86 bits per heavy atom. The van der Waals surface area contributed by atoms with Crippen molar-refractivity contribution in [3.8, 4) is 0 Å². The van der Waals surface area contributed by atoms with Gasteiger partial charge in [-0.25, -0.2) is 22.8 Å². The van der Waals surface area contributed by atoms with E-state index in [-0.39, 0.29) is 5.92 Å². The molecule has 0 unspecified atom stereocenters. The number of hydrogen-bond donors (Lipinski definition) is 0. The van der Waals surface area contributed by atoms with Gasteiger partial charge in [-0.1, -0.05) is 48.1 Å². The molecule has 0 bridgehead atoms. The molecule has 0 saturated carbocycles. The molecular weight excluding hydrogens is 268 g/mol. The molecule has 0 N–H and O–H groups in total. The molecule has 2 heteroatoms. The van der Waals surface area contributed by atoms with Crippen molar-refractivity contribution in [2.75, 3.05) is 0 Å². The van der Waals surface area contributed by atoms with Gasteiger partial charge in [-0.2, -0.15) is 0 Å². The van der Waals surface area contributed by atoms with Crippen molar-refractivity contribution in [3.05, 3.63) is 82.0 Å². The van der Waals surface area contributed by atoms with E-state index in [0.29, 0.717) is 12.3 Å². The van der Waals surface area contributed by atoms with Gasteiger partial charge in [-0.15, -0.1) is 0 Å². The van der Waals surface area contributed by atoms with Gasteiger partial charge >= 0.3 is 5.66 Å². The van der Waals surface area contributed by atoms with Crippen LogP contribution in [0.2, 0.25) is 0 Å². The van der Waals surface area contributed by atoms with Gasteiger partial charge in [-0.05, 0) is 31.7 Å². The fourth-order valence-electron chi connectivity index (χ4n) is 3.74. The van der Waals surface area contributed by atoms with Crippen molar-refractivity contribution >= 4 is 0 Å². The van der Waals surface area contributed by atoms with Crippen molar-refractivity contribution in [2.45, 2.75) is 44.2 Å². The summed E-state index contributed by atoms with van der Waals surface area (Å²) >= 11 is 0. The minimum atomic E-state index is -0.999. The van der Waals surface area contributed by atoms with Crippen LogP contribution in [0.3, 0.4) is 0 Å². The topological polar surface area (TPSA) is 8.72 Å². The zero-order valence-electron chi connectivity index (χ0n) is 12.9. The van der Waals surface area contributed by atoms with Gasteiger partial charge in [0, 0.05) is 11.8 Å². The van der Waals surface area contributed by atoms with Gasteiger partial charge in [0.15, 0.2) is 0 Å². The number of hydrogen-bond acceptors (Lipinski definition) is 0. The van der Waals surface area contributed by atoms with Crippen LogP contribution >= 0.6 is 0 Å². The summed E-state index contributed by atoms with van der Waals surface area (Å²) < 4.78 is 0. The Balaban J connectivity index is 2.07. The van der Waals surface area contributed by atoms with E-state index in [4.69, 9.17) is 13.1 Å². The molecule has 0 heterocycles. The summed E-state index contributed by atoms with van der Waals surface area (Å²) in [6, 6.07) is 8.69. The normalized spacial score (nSPS) is 26.0. The fourth-order valence-corrected chi connectivity index (χ4v) is 3.74. The summed E-state index contributed by atoms with van der Waals surface area (Å²) in [5.74, 6) is 0.580. The maximum absolute atomic E-state index is 7.60. The lowest BCUT2D eigenvalue weighted by molar-refractivity contribution is 0.438. The van der Waals surface area contributed by atoms with Crippen LogP contribution in [0.1, 0.15) is 42.7 Å². The van der Waals surface area contributed by atoms with Crippen molar-refractivity contribution in [1.29, 1.82) is 0 Å². The van der Waals surface area contributed by atoms with Crippen LogP contribution in [-0.2, 0) is 0 Å². The van der Waals surface area contributed by atoms with E-state index in [1.165, 1.54) is 11.1 Å². The summed E-state index contributed by atoms with van der Waals surface area (Å²) in [6.07, 6.45) is 10.2. The number of aryl methyl sites for hydroxylation is 1. The Bertz CT molecular complexity index is 681. The van der Waals surface area contributed by atoms with E-state index in [2.05, 4.69) is 59.1 Å². The second-order valence-corrected chi connectivity index (χ2v) is 6.31. The Morgan fingerprint density at radius 1 is 1.14 bits per heavy atom. The van der Waals surface area contributed by atoms with Crippen molar-refractivity contribution < 1.29 is 0 Å². The molecule has 0 spiro atoms. The molecular formula is C20H20N2. The van der Waals surface area contributed by atoms with Crippen molar-refractivity contribution in [1.82, 2.24) is 0 Å². The van der Waals surface area contributed by atoms with Crippen LogP contribution in [0.25, 0.3) is 9.69 Å². The van der Waals surface area contributed by atoms with E-state index in [9.17, 15) is 0 Å². The highest BCUT2D eigenvalue weighted by atomic mass is 15.0. The average molecular weight is 288 g/mol. The first-order valence-electron chi connectivity index (χ1n) is 7.91. The maximum Gasteiger partial charge on any atom is 0.509 e. The Hall–Kier alpha value is -2.32. The highest BCUT2D eigenvalue weighted by molar-refractivity contribution is 5.42. The third-order valence-electron chi connectivity index (χ3n) is 4.96. The minimum absolute atomic E-state index is 0.289. The predicted octanol–water partition coefficient (Wildman–Crippen LogP) is 5.30. The van der Waals surface area contributed by atoms with Crippen LogP contribution in [0, 0.1) is 26.0 Å². The Morgan fingerprint density at radius 3 is 2.55 bits per heavy atom. The molecule has 110 valence electrons. The molecule has 0 radical (unpaired) electrons. The van der Waals surface area contributed by atoms with Crippen LogP contribution in [0.4, 0.5) is 0 Å². The lowest BCUT2D eigenvalue weighted by Gasteiger charge is -2.29. The molecule has 0 aromatic heterocycles. The molecule has 2 nitrogen and oxygen atoms in total. The molecule has 22 heavy (non-hydrogen) atoms. The van der Waals surface area contributed by atoms with E-state index in [1.54, 1.807) is 0 Å². The molecule has 3 rings (SSSR count). The number of benzene rings is 1. The van der Waals surface area contributed by atoms with Gasteiger partial charge in [0.25, 0.3) is 0 Å².